The monoisotopic (exact) mass is 296 g/mol. The van der Waals surface area contributed by atoms with E-state index in [1.165, 1.54) is 18.4 Å². The molecule has 0 aromatic heterocycles. The molecule has 1 aliphatic heterocycles. The van der Waals surface area contributed by atoms with Gasteiger partial charge in [0.25, 0.3) is 5.91 Å². The predicted octanol–water partition coefficient (Wildman–Crippen LogP) is 3.44. The van der Waals surface area contributed by atoms with Crippen LogP contribution in [0.2, 0.25) is 0 Å². The molecule has 3 heteroatoms. The smallest absolute Gasteiger partial charge is 0.251 e. The Morgan fingerprint density at radius 1 is 1.14 bits per heavy atom. The van der Waals surface area contributed by atoms with Gasteiger partial charge in [-0.25, -0.2) is 0 Å². The highest BCUT2D eigenvalue weighted by Crippen LogP contribution is 2.16. The van der Waals surface area contributed by atoms with Crippen LogP contribution in [-0.2, 0) is 0 Å². The number of hydrogen-bond donors (Lipinski definition) is 1. The van der Waals surface area contributed by atoms with Crippen molar-refractivity contribution in [2.45, 2.75) is 32.2 Å². The SMILES string of the molecule is CCCN1CCC(NC(=O)c2ccc3ccccc3c2)CC1. The van der Waals surface area contributed by atoms with Crippen molar-refractivity contribution in [1.29, 1.82) is 0 Å². The molecule has 2 aromatic carbocycles. The largest absolute Gasteiger partial charge is 0.349 e. The van der Waals surface area contributed by atoms with Crippen LogP contribution in [0.25, 0.3) is 10.8 Å². The first-order valence-electron chi connectivity index (χ1n) is 8.28. The molecule has 22 heavy (non-hydrogen) atoms. The summed E-state index contributed by atoms with van der Waals surface area (Å²) in [7, 11) is 0. The Morgan fingerprint density at radius 3 is 2.59 bits per heavy atom. The van der Waals surface area contributed by atoms with E-state index >= 15 is 0 Å². The number of amides is 1. The molecule has 0 radical (unpaired) electrons. The molecule has 3 nitrogen and oxygen atoms in total. The van der Waals surface area contributed by atoms with Gasteiger partial charge in [0, 0.05) is 24.7 Å². The van der Waals surface area contributed by atoms with Crippen LogP contribution in [0.15, 0.2) is 42.5 Å². The Labute approximate surface area is 132 Å². The Hall–Kier alpha value is -1.87. The molecule has 2 aromatic rings. The number of rotatable bonds is 4. The van der Waals surface area contributed by atoms with Crippen molar-refractivity contribution in [3.05, 3.63) is 48.0 Å². The van der Waals surface area contributed by atoms with Crippen molar-refractivity contribution in [2.24, 2.45) is 0 Å². The molecule has 3 rings (SSSR count). The Morgan fingerprint density at radius 2 is 1.86 bits per heavy atom. The molecule has 1 aliphatic rings. The minimum absolute atomic E-state index is 0.0553. The van der Waals surface area contributed by atoms with Crippen molar-refractivity contribution in [3.8, 4) is 0 Å². The second kappa shape index (κ2) is 6.93. The van der Waals surface area contributed by atoms with Crippen LogP contribution in [0, 0.1) is 0 Å². The molecule has 1 saturated heterocycles. The van der Waals surface area contributed by atoms with E-state index in [1.807, 2.05) is 30.3 Å². The average molecular weight is 296 g/mol. The molecule has 116 valence electrons. The Bertz CT molecular complexity index is 645. The van der Waals surface area contributed by atoms with Gasteiger partial charge in [0.2, 0.25) is 0 Å². The maximum Gasteiger partial charge on any atom is 0.251 e. The van der Waals surface area contributed by atoms with Crippen LogP contribution >= 0.6 is 0 Å². The predicted molar refractivity (Wildman–Crippen MR) is 91.2 cm³/mol. The zero-order valence-corrected chi connectivity index (χ0v) is 13.2. The average Bonchev–Trinajstić information content (AvgIpc) is 2.56. The van der Waals surface area contributed by atoms with Gasteiger partial charge in [-0.3, -0.25) is 4.79 Å². The first-order chi connectivity index (χ1) is 10.8. The maximum absolute atomic E-state index is 12.4. The van der Waals surface area contributed by atoms with E-state index in [0.717, 1.165) is 36.9 Å². The number of carbonyl (C=O) groups is 1. The third-order valence-corrected chi connectivity index (χ3v) is 4.47. The summed E-state index contributed by atoms with van der Waals surface area (Å²) in [5.74, 6) is 0.0553. The minimum atomic E-state index is 0.0553. The summed E-state index contributed by atoms with van der Waals surface area (Å²) in [6, 6.07) is 14.4. The lowest BCUT2D eigenvalue weighted by molar-refractivity contribution is 0.0911. The molecule has 1 heterocycles. The fourth-order valence-electron chi connectivity index (χ4n) is 3.22. The van der Waals surface area contributed by atoms with Gasteiger partial charge in [0.15, 0.2) is 0 Å². The first kappa shape index (κ1) is 15.0. The van der Waals surface area contributed by atoms with Gasteiger partial charge >= 0.3 is 0 Å². The zero-order valence-electron chi connectivity index (χ0n) is 13.2. The first-order valence-corrected chi connectivity index (χ1v) is 8.28. The van der Waals surface area contributed by atoms with Crippen LogP contribution in [0.1, 0.15) is 36.5 Å². The van der Waals surface area contributed by atoms with E-state index in [0.29, 0.717) is 6.04 Å². The summed E-state index contributed by atoms with van der Waals surface area (Å²) in [5.41, 5.74) is 0.759. The highest BCUT2D eigenvalue weighted by atomic mass is 16.1. The number of nitrogens with one attached hydrogen (secondary N) is 1. The molecule has 1 amide bonds. The summed E-state index contributed by atoms with van der Waals surface area (Å²) in [6.45, 7) is 5.58. The summed E-state index contributed by atoms with van der Waals surface area (Å²) >= 11 is 0. The second-order valence-corrected chi connectivity index (χ2v) is 6.15. The van der Waals surface area contributed by atoms with Crippen LogP contribution in [0.3, 0.4) is 0 Å². The number of fused-ring (bicyclic) bond motifs is 1. The fraction of sp³-hybridized carbons (Fsp3) is 0.421. The number of likely N-dealkylation sites (tertiary alicyclic amines) is 1. The second-order valence-electron chi connectivity index (χ2n) is 6.15. The lowest BCUT2D eigenvalue weighted by atomic mass is 10.0. The van der Waals surface area contributed by atoms with Gasteiger partial charge in [-0.15, -0.1) is 0 Å². The van der Waals surface area contributed by atoms with E-state index in [-0.39, 0.29) is 5.91 Å². The fourth-order valence-corrected chi connectivity index (χ4v) is 3.22. The van der Waals surface area contributed by atoms with E-state index < -0.39 is 0 Å². The Kier molecular flexibility index (Phi) is 4.74. The van der Waals surface area contributed by atoms with E-state index in [1.54, 1.807) is 0 Å². The van der Waals surface area contributed by atoms with E-state index in [2.05, 4.69) is 29.3 Å². The van der Waals surface area contributed by atoms with Gasteiger partial charge in [0.1, 0.15) is 0 Å². The molecule has 1 fully saturated rings. The molecule has 0 bridgehead atoms. The molecular weight excluding hydrogens is 272 g/mol. The lowest BCUT2D eigenvalue weighted by Crippen LogP contribution is -2.44. The number of carbonyl (C=O) groups excluding carboxylic acids is 1. The molecule has 0 spiro atoms. The molecule has 0 aliphatic carbocycles. The van der Waals surface area contributed by atoms with E-state index in [4.69, 9.17) is 0 Å². The number of piperidine rings is 1. The zero-order chi connectivity index (χ0) is 15.4. The van der Waals surface area contributed by atoms with Crippen molar-refractivity contribution in [1.82, 2.24) is 10.2 Å². The highest BCUT2D eigenvalue weighted by Gasteiger charge is 2.20. The van der Waals surface area contributed by atoms with Gasteiger partial charge in [-0.2, -0.15) is 0 Å². The van der Waals surface area contributed by atoms with Crippen LogP contribution in [0.5, 0.6) is 0 Å². The minimum Gasteiger partial charge on any atom is -0.349 e. The summed E-state index contributed by atoms with van der Waals surface area (Å²) in [4.78, 5) is 14.9. The number of hydrogen-bond acceptors (Lipinski definition) is 2. The molecular formula is C19H24N2O. The van der Waals surface area contributed by atoms with E-state index in [9.17, 15) is 4.79 Å². The standard InChI is InChI=1S/C19H24N2O/c1-2-11-21-12-9-18(10-13-21)20-19(22)17-8-7-15-5-3-4-6-16(15)14-17/h3-8,14,18H,2,9-13H2,1H3,(H,20,22). The van der Waals surface area contributed by atoms with Crippen LogP contribution in [-0.4, -0.2) is 36.5 Å². The lowest BCUT2D eigenvalue weighted by Gasteiger charge is -2.32. The Balaban J connectivity index is 1.61. The number of benzene rings is 2. The summed E-state index contributed by atoms with van der Waals surface area (Å²) < 4.78 is 0. The molecule has 0 unspecified atom stereocenters. The van der Waals surface area contributed by atoms with Crippen molar-refractivity contribution in [3.63, 3.8) is 0 Å². The van der Waals surface area contributed by atoms with Crippen molar-refractivity contribution in [2.75, 3.05) is 19.6 Å². The summed E-state index contributed by atoms with van der Waals surface area (Å²) in [5, 5.41) is 5.49. The molecule has 0 saturated carbocycles. The van der Waals surface area contributed by atoms with Crippen LogP contribution < -0.4 is 5.32 Å². The van der Waals surface area contributed by atoms with Gasteiger partial charge < -0.3 is 10.2 Å². The van der Waals surface area contributed by atoms with Gasteiger partial charge in [-0.1, -0.05) is 37.3 Å². The number of nitrogens with zero attached hydrogens (tertiary/aromatic N) is 1. The maximum atomic E-state index is 12.4. The molecule has 0 atom stereocenters. The van der Waals surface area contributed by atoms with Gasteiger partial charge in [-0.05, 0) is 48.7 Å². The van der Waals surface area contributed by atoms with Crippen molar-refractivity contribution >= 4 is 16.7 Å². The van der Waals surface area contributed by atoms with Crippen LogP contribution in [0.4, 0.5) is 0 Å². The highest BCUT2D eigenvalue weighted by molar-refractivity contribution is 5.98. The topological polar surface area (TPSA) is 32.3 Å². The third kappa shape index (κ3) is 3.47. The normalized spacial score (nSPS) is 16.8. The third-order valence-electron chi connectivity index (χ3n) is 4.47. The molecule has 1 N–H and O–H groups in total. The van der Waals surface area contributed by atoms with Gasteiger partial charge in [0.05, 0.1) is 0 Å². The quantitative estimate of drug-likeness (QED) is 0.937. The van der Waals surface area contributed by atoms with Crippen molar-refractivity contribution < 1.29 is 4.79 Å². The summed E-state index contributed by atoms with van der Waals surface area (Å²) in [6.07, 6.45) is 3.31.